The molecule has 1 N–H and O–H groups in total. The Morgan fingerprint density at radius 3 is 2.48 bits per heavy atom. The molecule has 0 spiro atoms. The Morgan fingerprint density at radius 2 is 1.85 bits per heavy atom. The average molecular weight is 474 g/mol. The summed E-state index contributed by atoms with van der Waals surface area (Å²) in [5.41, 5.74) is 1.19. The highest BCUT2D eigenvalue weighted by molar-refractivity contribution is 7.89. The maximum atomic E-state index is 13.3. The SMILES string of the molecule is CCCCN1CCC(NC(=O)c2ccc(OC)c(S(=O)(=O)N(C)Cc3ccccc3)c2)CC1. The first kappa shape index (κ1) is 25.2. The van der Waals surface area contributed by atoms with Gasteiger partial charge in [-0.2, -0.15) is 4.31 Å². The highest BCUT2D eigenvalue weighted by atomic mass is 32.2. The topological polar surface area (TPSA) is 79.0 Å². The minimum absolute atomic E-state index is 0.00883. The van der Waals surface area contributed by atoms with Crippen LogP contribution in [0.25, 0.3) is 0 Å². The number of hydrogen-bond donors (Lipinski definition) is 1. The predicted molar refractivity (Wildman–Crippen MR) is 130 cm³/mol. The Balaban J connectivity index is 1.71. The van der Waals surface area contributed by atoms with E-state index in [2.05, 4.69) is 17.1 Å². The molecule has 1 fully saturated rings. The number of ether oxygens (including phenoxy) is 1. The number of piperidine rings is 1. The third-order valence-electron chi connectivity index (χ3n) is 6.11. The van der Waals surface area contributed by atoms with Gasteiger partial charge in [0.05, 0.1) is 7.11 Å². The van der Waals surface area contributed by atoms with Crippen LogP contribution in [0.2, 0.25) is 0 Å². The van der Waals surface area contributed by atoms with E-state index >= 15 is 0 Å². The van der Waals surface area contributed by atoms with Gasteiger partial charge < -0.3 is 15.0 Å². The number of nitrogens with zero attached hydrogens (tertiary/aromatic N) is 2. The Kier molecular flexibility index (Phi) is 8.88. The van der Waals surface area contributed by atoms with Crippen molar-refractivity contribution in [3.63, 3.8) is 0 Å². The number of carbonyl (C=O) groups is 1. The number of likely N-dealkylation sites (tertiary alicyclic amines) is 1. The minimum atomic E-state index is -3.86. The molecule has 1 aliphatic rings. The van der Waals surface area contributed by atoms with E-state index in [0.29, 0.717) is 5.56 Å². The van der Waals surface area contributed by atoms with Crippen molar-refractivity contribution in [2.75, 3.05) is 33.8 Å². The maximum absolute atomic E-state index is 13.3. The highest BCUT2D eigenvalue weighted by Gasteiger charge is 2.27. The first-order valence-electron chi connectivity index (χ1n) is 11.6. The van der Waals surface area contributed by atoms with Crippen LogP contribution in [0.15, 0.2) is 53.4 Å². The van der Waals surface area contributed by atoms with Gasteiger partial charge >= 0.3 is 0 Å². The number of hydrogen-bond acceptors (Lipinski definition) is 5. The minimum Gasteiger partial charge on any atom is -0.495 e. The summed E-state index contributed by atoms with van der Waals surface area (Å²) in [5.74, 6) is -0.0393. The van der Waals surface area contributed by atoms with E-state index in [9.17, 15) is 13.2 Å². The van der Waals surface area contributed by atoms with Crippen molar-refractivity contribution < 1.29 is 17.9 Å². The van der Waals surface area contributed by atoms with Gasteiger partial charge in [-0.25, -0.2) is 8.42 Å². The van der Waals surface area contributed by atoms with Crippen molar-refractivity contribution in [3.8, 4) is 5.75 Å². The largest absolute Gasteiger partial charge is 0.495 e. The van der Waals surface area contributed by atoms with Crippen LogP contribution < -0.4 is 10.1 Å². The summed E-state index contributed by atoms with van der Waals surface area (Å²) in [4.78, 5) is 15.4. The zero-order valence-electron chi connectivity index (χ0n) is 19.8. The normalized spacial score (nSPS) is 15.5. The zero-order valence-corrected chi connectivity index (χ0v) is 20.6. The Hall–Kier alpha value is -2.42. The lowest BCUT2D eigenvalue weighted by Crippen LogP contribution is -2.44. The van der Waals surface area contributed by atoms with Crippen LogP contribution in [0.4, 0.5) is 0 Å². The summed E-state index contributed by atoms with van der Waals surface area (Å²) >= 11 is 0. The molecule has 0 aliphatic carbocycles. The smallest absolute Gasteiger partial charge is 0.251 e. The first-order valence-corrected chi connectivity index (χ1v) is 13.0. The summed E-state index contributed by atoms with van der Waals surface area (Å²) in [6.45, 7) is 5.46. The summed E-state index contributed by atoms with van der Waals surface area (Å²) in [7, 11) is -0.907. The fraction of sp³-hybridized carbons (Fsp3) is 0.480. The van der Waals surface area contributed by atoms with E-state index in [4.69, 9.17) is 4.74 Å². The maximum Gasteiger partial charge on any atom is 0.251 e. The summed E-state index contributed by atoms with van der Waals surface area (Å²) in [5, 5.41) is 3.08. The molecule has 1 amide bonds. The van der Waals surface area contributed by atoms with Crippen LogP contribution in [-0.2, 0) is 16.6 Å². The quantitative estimate of drug-likeness (QED) is 0.571. The Morgan fingerprint density at radius 1 is 1.15 bits per heavy atom. The van der Waals surface area contributed by atoms with Crippen molar-refractivity contribution >= 4 is 15.9 Å². The lowest BCUT2D eigenvalue weighted by atomic mass is 10.0. The number of rotatable bonds is 10. The summed E-state index contributed by atoms with van der Waals surface area (Å²) in [6.07, 6.45) is 4.17. The van der Waals surface area contributed by atoms with Crippen LogP contribution >= 0.6 is 0 Å². The molecule has 1 aliphatic heterocycles. The molecule has 2 aromatic carbocycles. The van der Waals surface area contributed by atoms with Gasteiger partial charge in [0.25, 0.3) is 5.91 Å². The number of nitrogens with one attached hydrogen (secondary N) is 1. The van der Waals surface area contributed by atoms with Gasteiger partial charge in [0.2, 0.25) is 10.0 Å². The van der Waals surface area contributed by atoms with Crippen molar-refractivity contribution in [3.05, 3.63) is 59.7 Å². The monoisotopic (exact) mass is 473 g/mol. The molecule has 0 aromatic heterocycles. The average Bonchev–Trinajstić information content (AvgIpc) is 2.83. The summed E-state index contributed by atoms with van der Waals surface area (Å²) in [6, 6.07) is 14.1. The predicted octanol–water partition coefficient (Wildman–Crippen LogP) is 3.51. The molecule has 0 radical (unpaired) electrons. The first-order chi connectivity index (χ1) is 15.8. The van der Waals surface area contributed by atoms with Crippen molar-refractivity contribution in [1.29, 1.82) is 0 Å². The second kappa shape index (κ2) is 11.6. The van der Waals surface area contributed by atoms with Gasteiger partial charge in [0.1, 0.15) is 10.6 Å². The fourth-order valence-electron chi connectivity index (χ4n) is 4.06. The fourth-order valence-corrected chi connectivity index (χ4v) is 5.40. The van der Waals surface area contributed by atoms with E-state index in [1.54, 1.807) is 12.1 Å². The van der Waals surface area contributed by atoms with Gasteiger partial charge in [-0.15, -0.1) is 0 Å². The van der Waals surface area contributed by atoms with Crippen molar-refractivity contribution in [2.45, 2.75) is 50.1 Å². The standard InChI is InChI=1S/C25H35N3O4S/c1-4-5-15-28-16-13-22(14-17-28)26-25(29)21-11-12-23(32-3)24(18-21)33(30,31)27(2)19-20-9-7-6-8-10-20/h6-12,18,22H,4-5,13-17,19H2,1-3H3,(H,26,29). The van der Waals surface area contributed by atoms with Crippen molar-refractivity contribution in [2.24, 2.45) is 0 Å². The zero-order chi connectivity index (χ0) is 23.8. The molecule has 0 unspecified atom stereocenters. The molecule has 180 valence electrons. The molecule has 0 bridgehead atoms. The number of unbranched alkanes of at least 4 members (excludes halogenated alkanes) is 1. The van der Waals surface area contributed by atoms with Gasteiger partial charge in [-0.1, -0.05) is 43.7 Å². The van der Waals surface area contributed by atoms with Gasteiger partial charge in [0.15, 0.2) is 0 Å². The molecular formula is C25H35N3O4S. The van der Waals surface area contributed by atoms with E-state index in [1.807, 2.05) is 30.3 Å². The molecular weight excluding hydrogens is 438 g/mol. The molecule has 3 rings (SSSR count). The van der Waals surface area contributed by atoms with Gasteiger partial charge in [-0.05, 0) is 49.6 Å². The molecule has 8 heteroatoms. The Bertz CT molecular complexity index is 1020. The highest BCUT2D eigenvalue weighted by Crippen LogP contribution is 2.28. The van der Waals surface area contributed by atoms with E-state index in [-0.39, 0.29) is 29.1 Å². The Labute approximate surface area is 197 Å². The molecule has 33 heavy (non-hydrogen) atoms. The lowest BCUT2D eigenvalue weighted by Gasteiger charge is -2.32. The number of methoxy groups -OCH3 is 1. The number of sulfonamides is 1. The lowest BCUT2D eigenvalue weighted by molar-refractivity contribution is 0.0910. The van der Waals surface area contributed by atoms with Gasteiger partial charge in [-0.3, -0.25) is 4.79 Å². The molecule has 1 saturated heterocycles. The second-order valence-corrected chi connectivity index (χ2v) is 10.6. The van der Waals surface area contributed by atoms with Crippen molar-refractivity contribution in [1.82, 2.24) is 14.5 Å². The van der Waals surface area contributed by atoms with Crippen LogP contribution in [0.1, 0.15) is 48.5 Å². The number of benzene rings is 2. The summed E-state index contributed by atoms with van der Waals surface area (Å²) < 4.78 is 33.2. The van der Waals surface area contributed by atoms with Crippen LogP contribution in [-0.4, -0.2) is 63.4 Å². The van der Waals surface area contributed by atoms with E-state index in [0.717, 1.165) is 38.0 Å². The molecule has 2 aromatic rings. The van der Waals surface area contributed by atoms with Crippen LogP contribution in [0.5, 0.6) is 5.75 Å². The third kappa shape index (κ3) is 6.56. The van der Waals surface area contributed by atoms with Crippen LogP contribution in [0.3, 0.4) is 0 Å². The number of amides is 1. The van der Waals surface area contributed by atoms with Crippen LogP contribution in [0, 0.1) is 0 Å². The third-order valence-corrected chi connectivity index (χ3v) is 7.94. The number of carbonyl (C=O) groups excluding carboxylic acids is 1. The molecule has 0 atom stereocenters. The molecule has 7 nitrogen and oxygen atoms in total. The molecule has 0 saturated carbocycles. The van der Waals surface area contributed by atoms with E-state index in [1.165, 1.54) is 37.4 Å². The second-order valence-electron chi connectivity index (χ2n) is 8.56. The van der Waals surface area contributed by atoms with E-state index < -0.39 is 10.0 Å². The molecule has 1 heterocycles. The van der Waals surface area contributed by atoms with Gasteiger partial charge in [0, 0.05) is 38.3 Å².